The van der Waals surface area contributed by atoms with Crippen LogP contribution < -0.4 is 10.1 Å². The van der Waals surface area contributed by atoms with Gasteiger partial charge in [0.1, 0.15) is 0 Å². The largest absolute Gasteiger partial charge is 0.494 e. The molecule has 1 atom stereocenters. The monoisotopic (exact) mass is 385 g/mol. The van der Waals surface area contributed by atoms with Crippen LogP contribution in [0.3, 0.4) is 0 Å². The fourth-order valence-electron chi connectivity index (χ4n) is 2.18. The van der Waals surface area contributed by atoms with Gasteiger partial charge in [-0.05, 0) is 71.5 Å². The Bertz CT molecular complexity index is 588. The van der Waals surface area contributed by atoms with Crippen molar-refractivity contribution in [1.29, 1.82) is 0 Å². The summed E-state index contributed by atoms with van der Waals surface area (Å²) in [5.74, 6) is -0.0356. The third-order valence-electron chi connectivity index (χ3n) is 3.26. The van der Waals surface area contributed by atoms with Crippen LogP contribution in [0.4, 0.5) is 4.39 Å². The van der Waals surface area contributed by atoms with Gasteiger partial charge in [0.15, 0.2) is 11.6 Å². The van der Waals surface area contributed by atoms with E-state index in [2.05, 4.69) is 46.1 Å². The number of hydrogen-bond donors (Lipinski definition) is 1. The van der Waals surface area contributed by atoms with Crippen molar-refractivity contribution in [3.8, 4) is 5.75 Å². The van der Waals surface area contributed by atoms with E-state index in [1.165, 1.54) is 22.3 Å². The van der Waals surface area contributed by atoms with Crippen molar-refractivity contribution >= 4 is 22.6 Å². The summed E-state index contributed by atoms with van der Waals surface area (Å²) in [7, 11) is 3.39. The van der Waals surface area contributed by atoms with Crippen LogP contribution in [0.2, 0.25) is 0 Å². The van der Waals surface area contributed by atoms with Gasteiger partial charge in [-0.15, -0.1) is 0 Å². The number of methoxy groups -OCH3 is 1. The van der Waals surface area contributed by atoms with Gasteiger partial charge in [-0.3, -0.25) is 0 Å². The minimum atomic E-state index is -0.317. The Balaban J connectivity index is 2.20. The molecule has 0 radical (unpaired) electrons. The highest BCUT2D eigenvalue weighted by atomic mass is 127. The quantitative estimate of drug-likeness (QED) is 0.788. The van der Waals surface area contributed by atoms with Crippen LogP contribution in [-0.4, -0.2) is 14.2 Å². The van der Waals surface area contributed by atoms with E-state index < -0.39 is 0 Å². The van der Waals surface area contributed by atoms with Crippen molar-refractivity contribution in [1.82, 2.24) is 5.32 Å². The van der Waals surface area contributed by atoms with Gasteiger partial charge in [-0.2, -0.15) is 0 Å². The van der Waals surface area contributed by atoms with Crippen molar-refractivity contribution in [3.05, 3.63) is 63.0 Å². The van der Waals surface area contributed by atoms with Crippen molar-refractivity contribution < 1.29 is 9.13 Å². The van der Waals surface area contributed by atoms with Crippen molar-refractivity contribution in [3.63, 3.8) is 0 Å². The second-order valence-electron chi connectivity index (χ2n) is 4.57. The highest BCUT2D eigenvalue weighted by molar-refractivity contribution is 14.1. The number of nitrogens with one attached hydrogen (secondary N) is 1. The topological polar surface area (TPSA) is 21.3 Å². The fourth-order valence-corrected chi connectivity index (χ4v) is 2.75. The molecule has 1 N–H and O–H groups in total. The smallest absolute Gasteiger partial charge is 0.165 e. The Kier molecular flexibility index (Phi) is 5.37. The van der Waals surface area contributed by atoms with Crippen LogP contribution in [-0.2, 0) is 6.42 Å². The predicted molar refractivity (Wildman–Crippen MR) is 87.6 cm³/mol. The number of halogens is 2. The third kappa shape index (κ3) is 3.70. The molecular weight excluding hydrogens is 368 g/mol. The molecule has 4 heteroatoms. The molecular formula is C16H17FINO. The number of rotatable bonds is 5. The Morgan fingerprint density at radius 3 is 2.65 bits per heavy atom. The number of hydrogen-bond acceptors (Lipinski definition) is 2. The predicted octanol–water partition coefficient (Wildman–Crippen LogP) is 3.94. The lowest BCUT2D eigenvalue weighted by atomic mass is 9.99. The van der Waals surface area contributed by atoms with Crippen LogP contribution >= 0.6 is 22.6 Å². The zero-order valence-corrected chi connectivity index (χ0v) is 13.6. The van der Waals surface area contributed by atoms with E-state index in [9.17, 15) is 4.39 Å². The first-order valence-electron chi connectivity index (χ1n) is 6.39. The molecule has 2 aromatic carbocycles. The van der Waals surface area contributed by atoms with E-state index in [0.717, 1.165) is 12.0 Å². The maximum atomic E-state index is 13.7. The van der Waals surface area contributed by atoms with Crippen LogP contribution in [0.25, 0.3) is 0 Å². The van der Waals surface area contributed by atoms with Crippen molar-refractivity contribution in [2.45, 2.75) is 12.5 Å². The van der Waals surface area contributed by atoms with Crippen LogP contribution in [0, 0.1) is 9.39 Å². The zero-order chi connectivity index (χ0) is 14.5. The number of ether oxygens (including phenoxy) is 1. The summed E-state index contributed by atoms with van der Waals surface area (Å²) in [6, 6.07) is 13.6. The van der Waals surface area contributed by atoms with Gasteiger partial charge in [0, 0.05) is 9.61 Å². The number of likely N-dealkylation sites (N-methyl/N-ethyl adjacent to an activating group) is 1. The molecule has 0 saturated carbocycles. The van der Waals surface area contributed by atoms with Gasteiger partial charge in [0.05, 0.1) is 7.11 Å². The molecule has 0 spiro atoms. The minimum absolute atomic E-state index is 0.164. The van der Waals surface area contributed by atoms with E-state index in [1.807, 2.05) is 19.2 Å². The first-order chi connectivity index (χ1) is 9.63. The van der Waals surface area contributed by atoms with Gasteiger partial charge in [-0.25, -0.2) is 4.39 Å². The van der Waals surface area contributed by atoms with E-state index in [1.54, 1.807) is 6.07 Å². The molecule has 0 amide bonds. The van der Waals surface area contributed by atoms with E-state index >= 15 is 0 Å². The molecule has 0 aromatic heterocycles. The molecule has 0 fully saturated rings. The Morgan fingerprint density at radius 2 is 2.05 bits per heavy atom. The normalized spacial score (nSPS) is 12.2. The summed E-state index contributed by atoms with van der Waals surface area (Å²) in [6.45, 7) is 0. The Labute approximate surface area is 132 Å². The molecule has 0 saturated heterocycles. The van der Waals surface area contributed by atoms with Crippen LogP contribution in [0.1, 0.15) is 17.2 Å². The van der Waals surface area contributed by atoms with Gasteiger partial charge < -0.3 is 10.1 Å². The lowest BCUT2D eigenvalue weighted by Gasteiger charge is -2.17. The molecule has 0 aliphatic rings. The average molecular weight is 385 g/mol. The van der Waals surface area contributed by atoms with E-state index in [4.69, 9.17) is 4.74 Å². The summed E-state index contributed by atoms with van der Waals surface area (Å²) in [5, 5.41) is 3.29. The molecule has 0 aliphatic carbocycles. The standard InChI is InChI=1S/C16H17FINO/c1-19-15(12-4-3-5-13(18)10-12)9-11-6-7-16(20-2)14(17)8-11/h3-8,10,15,19H,9H2,1-2H3. The van der Waals surface area contributed by atoms with Crippen LogP contribution in [0.15, 0.2) is 42.5 Å². The molecule has 1 unspecified atom stereocenters. The summed E-state index contributed by atoms with van der Waals surface area (Å²) < 4.78 is 19.9. The lowest BCUT2D eigenvalue weighted by molar-refractivity contribution is 0.386. The summed E-state index contributed by atoms with van der Waals surface area (Å²) in [5.41, 5.74) is 2.15. The van der Waals surface area contributed by atoms with Crippen molar-refractivity contribution in [2.75, 3.05) is 14.2 Å². The number of benzene rings is 2. The highest BCUT2D eigenvalue weighted by Crippen LogP contribution is 2.23. The maximum Gasteiger partial charge on any atom is 0.165 e. The second-order valence-corrected chi connectivity index (χ2v) is 5.81. The third-order valence-corrected chi connectivity index (χ3v) is 3.93. The molecule has 2 nitrogen and oxygen atoms in total. The summed E-state index contributed by atoms with van der Waals surface area (Å²) in [4.78, 5) is 0. The second kappa shape index (κ2) is 7.04. The maximum absolute atomic E-state index is 13.7. The minimum Gasteiger partial charge on any atom is -0.494 e. The first kappa shape index (κ1) is 15.3. The van der Waals surface area contributed by atoms with Crippen LogP contribution in [0.5, 0.6) is 5.75 Å². The molecule has 2 rings (SSSR count). The fraction of sp³-hybridized carbons (Fsp3) is 0.250. The van der Waals surface area contributed by atoms with Gasteiger partial charge in [0.25, 0.3) is 0 Å². The molecule has 0 heterocycles. The van der Waals surface area contributed by atoms with E-state index in [0.29, 0.717) is 0 Å². The van der Waals surface area contributed by atoms with Gasteiger partial charge >= 0.3 is 0 Å². The first-order valence-corrected chi connectivity index (χ1v) is 7.47. The molecule has 106 valence electrons. The van der Waals surface area contributed by atoms with Gasteiger partial charge in [-0.1, -0.05) is 18.2 Å². The molecule has 0 bridgehead atoms. The summed E-state index contributed by atoms with van der Waals surface area (Å²) in [6.07, 6.45) is 0.734. The highest BCUT2D eigenvalue weighted by Gasteiger charge is 2.12. The SMILES string of the molecule is CNC(Cc1ccc(OC)c(F)c1)c1cccc(I)c1. The molecule has 20 heavy (non-hydrogen) atoms. The van der Waals surface area contributed by atoms with E-state index in [-0.39, 0.29) is 17.6 Å². The summed E-state index contributed by atoms with van der Waals surface area (Å²) >= 11 is 2.30. The Hall–Kier alpha value is -1.14. The molecule has 0 aliphatic heterocycles. The van der Waals surface area contributed by atoms with Crippen molar-refractivity contribution in [2.24, 2.45) is 0 Å². The van der Waals surface area contributed by atoms with Gasteiger partial charge in [0.2, 0.25) is 0 Å². The Morgan fingerprint density at radius 1 is 1.25 bits per heavy atom. The molecule has 2 aromatic rings. The zero-order valence-electron chi connectivity index (χ0n) is 11.5. The lowest BCUT2D eigenvalue weighted by Crippen LogP contribution is -2.19. The average Bonchev–Trinajstić information content (AvgIpc) is 2.45.